The van der Waals surface area contributed by atoms with Crippen LogP contribution in [0.2, 0.25) is 0 Å². The van der Waals surface area contributed by atoms with Gasteiger partial charge < -0.3 is 15.4 Å². The van der Waals surface area contributed by atoms with E-state index >= 15 is 0 Å². The van der Waals surface area contributed by atoms with Gasteiger partial charge in [0.25, 0.3) is 11.8 Å². The minimum Gasteiger partial charge on any atom is -0.380 e. The van der Waals surface area contributed by atoms with E-state index in [4.69, 9.17) is 4.74 Å². The van der Waals surface area contributed by atoms with Gasteiger partial charge in [0.05, 0.1) is 11.5 Å². The maximum Gasteiger partial charge on any atom is 0.261 e. The molecule has 0 atom stereocenters. The summed E-state index contributed by atoms with van der Waals surface area (Å²) in [4.78, 5) is 25.0. The Hall–Kier alpha value is -2.96. The molecular weight excluding hydrogens is 372 g/mol. The number of thiophene rings is 1. The van der Waals surface area contributed by atoms with Crippen molar-refractivity contribution in [1.29, 1.82) is 0 Å². The lowest BCUT2D eigenvalue weighted by Crippen LogP contribution is -2.23. The average Bonchev–Trinajstić information content (AvgIpc) is 3.27. The van der Waals surface area contributed by atoms with Gasteiger partial charge in [-0.1, -0.05) is 42.5 Å². The average molecular weight is 394 g/mol. The molecule has 0 aliphatic heterocycles. The number of benzene rings is 2. The van der Waals surface area contributed by atoms with Gasteiger partial charge in [-0.15, -0.1) is 11.3 Å². The Balaban J connectivity index is 1.48. The predicted molar refractivity (Wildman–Crippen MR) is 110 cm³/mol. The lowest BCUT2D eigenvalue weighted by atomic mass is 10.1. The van der Waals surface area contributed by atoms with Crippen molar-refractivity contribution in [2.24, 2.45) is 0 Å². The summed E-state index contributed by atoms with van der Waals surface area (Å²) in [5.74, 6) is -0.219. The van der Waals surface area contributed by atoms with E-state index in [-0.39, 0.29) is 11.8 Å². The number of hydrogen-bond donors (Lipinski definition) is 2. The number of rotatable bonds is 8. The highest BCUT2D eigenvalue weighted by Gasteiger charge is 2.08. The molecule has 0 aliphatic rings. The van der Waals surface area contributed by atoms with Gasteiger partial charge in [0.15, 0.2) is 0 Å². The maximum atomic E-state index is 12.3. The molecule has 1 heterocycles. The van der Waals surface area contributed by atoms with E-state index in [0.717, 1.165) is 16.7 Å². The van der Waals surface area contributed by atoms with Gasteiger partial charge in [-0.2, -0.15) is 0 Å². The van der Waals surface area contributed by atoms with E-state index in [9.17, 15) is 9.59 Å². The molecule has 0 spiro atoms. The number of hydrogen-bond acceptors (Lipinski definition) is 4. The molecule has 144 valence electrons. The van der Waals surface area contributed by atoms with Crippen LogP contribution in [-0.2, 0) is 24.4 Å². The highest BCUT2D eigenvalue weighted by Crippen LogP contribution is 2.10. The summed E-state index contributed by atoms with van der Waals surface area (Å²) in [6.45, 7) is 1.46. The van der Waals surface area contributed by atoms with Gasteiger partial charge in [-0.05, 0) is 40.3 Å². The van der Waals surface area contributed by atoms with Crippen LogP contribution in [0.1, 0.15) is 36.7 Å². The Morgan fingerprint density at radius 3 is 1.96 bits per heavy atom. The van der Waals surface area contributed by atoms with Gasteiger partial charge in [0.1, 0.15) is 0 Å². The largest absolute Gasteiger partial charge is 0.380 e. The van der Waals surface area contributed by atoms with Crippen molar-refractivity contribution >= 4 is 23.2 Å². The SMILES string of the molecule is COCc1ccc(CNC(=O)c2ccc(CNC(=O)c3cccs3)cc2)cc1. The topological polar surface area (TPSA) is 67.4 Å². The molecule has 3 rings (SSSR count). The molecule has 3 aromatic rings. The molecule has 0 radical (unpaired) electrons. The zero-order chi connectivity index (χ0) is 19.8. The van der Waals surface area contributed by atoms with Crippen LogP contribution in [0.3, 0.4) is 0 Å². The molecule has 0 saturated heterocycles. The number of carbonyl (C=O) groups is 2. The van der Waals surface area contributed by atoms with Crippen LogP contribution >= 0.6 is 11.3 Å². The Morgan fingerprint density at radius 1 is 0.821 bits per heavy atom. The third-order valence-electron chi connectivity index (χ3n) is 4.20. The second-order valence-corrected chi connectivity index (χ2v) is 7.24. The molecule has 1 aromatic heterocycles. The van der Waals surface area contributed by atoms with Gasteiger partial charge in [0.2, 0.25) is 0 Å². The summed E-state index contributed by atoms with van der Waals surface area (Å²) in [6.07, 6.45) is 0. The second kappa shape index (κ2) is 9.82. The van der Waals surface area contributed by atoms with E-state index in [1.54, 1.807) is 25.3 Å². The summed E-state index contributed by atoms with van der Waals surface area (Å²) in [5, 5.41) is 7.66. The summed E-state index contributed by atoms with van der Waals surface area (Å²) >= 11 is 1.41. The van der Waals surface area contributed by atoms with Crippen LogP contribution in [0.4, 0.5) is 0 Å². The van der Waals surface area contributed by atoms with Crippen LogP contribution in [0, 0.1) is 0 Å². The molecule has 2 aromatic carbocycles. The minimum absolute atomic E-state index is 0.0895. The van der Waals surface area contributed by atoms with Crippen LogP contribution in [0.15, 0.2) is 66.0 Å². The summed E-state index contributed by atoms with van der Waals surface area (Å²) < 4.78 is 5.09. The predicted octanol–water partition coefficient (Wildman–Crippen LogP) is 3.75. The standard InChI is InChI=1S/C22H22N2O3S/c1-27-15-18-6-4-16(5-7-18)13-23-21(25)19-10-8-17(9-11-19)14-24-22(26)20-3-2-12-28-20/h2-12H,13-15H2,1H3,(H,23,25)(H,24,26). The van der Waals surface area contributed by atoms with E-state index in [1.807, 2.05) is 47.8 Å². The molecule has 6 heteroatoms. The molecule has 0 aliphatic carbocycles. The number of nitrogens with one attached hydrogen (secondary N) is 2. The third kappa shape index (κ3) is 5.52. The molecule has 0 unspecified atom stereocenters. The Kier molecular flexibility index (Phi) is 6.94. The lowest BCUT2D eigenvalue weighted by Gasteiger charge is -2.08. The molecule has 0 saturated carbocycles. The number of amides is 2. The van der Waals surface area contributed by atoms with E-state index in [1.165, 1.54) is 11.3 Å². The summed E-state index contributed by atoms with van der Waals surface area (Å²) in [5.41, 5.74) is 3.65. The first kappa shape index (κ1) is 19.8. The zero-order valence-electron chi connectivity index (χ0n) is 15.6. The van der Waals surface area contributed by atoms with E-state index in [2.05, 4.69) is 10.6 Å². The van der Waals surface area contributed by atoms with Crippen molar-refractivity contribution in [3.05, 3.63) is 93.2 Å². The van der Waals surface area contributed by atoms with Crippen molar-refractivity contribution in [2.45, 2.75) is 19.7 Å². The first-order valence-corrected chi connectivity index (χ1v) is 9.79. The third-order valence-corrected chi connectivity index (χ3v) is 5.07. The second-order valence-electron chi connectivity index (χ2n) is 6.29. The zero-order valence-corrected chi connectivity index (χ0v) is 16.4. The molecule has 5 nitrogen and oxygen atoms in total. The van der Waals surface area contributed by atoms with Crippen LogP contribution in [0.25, 0.3) is 0 Å². The molecule has 2 amide bonds. The number of carbonyl (C=O) groups excluding carboxylic acids is 2. The normalized spacial score (nSPS) is 10.5. The fourth-order valence-electron chi connectivity index (χ4n) is 2.66. The van der Waals surface area contributed by atoms with Crippen molar-refractivity contribution < 1.29 is 14.3 Å². The number of ether oxygens (including phenoxy) is 1. The Labute approximate surface area is 168 Å². The quantitative estimate of drug-likeness (QED) is 0.611. The Bertz CT molecular complexity index is 904. The molecular formula is C22H22N2O3S. The van der Waals surface area contributed by atoms with Gasteiger partial charge >= 0.3 is 0 Å². The monoisotopic (exact) mass is 394 g/mol. The maximum absolute atomic E-state index is 12.3. The van der Waals surface area contributed by atoms with E-state index < -0.39 is 0 Å². The van der Waals surface area contributed by atoms with Gasteiger partial charge in [-0.25, -0.2) is 0 Å². The molecule has 0 bridgehead atoms. The van der Waals surface area contributed by atoms with Gasteiger partial charge in [0, 0.05) is 25.8 Å². The van der Waals surface area contributed by atoms with Crippen LogP contribution < -0.4 is 10.6 Å². The minimum atomic E-state index is -0.130. The summed E-state index contributed by atoms with van der Waals surface area (Å²) in [6, 6.07) is 18.8. The smallest absolute Gasteiger partial charge is 0.261 e. The fourth-order valence-corrected chi connectivity index (χ4v) is 3.30. The summed E-state index contributed by atoms with van der Waals surface area (Å²) in [7, 11) is 1.66. The van der Waals surface area contributed by atoms with E-state index in [0.29, 0.717) is 30.1 Å². The first-order valence-electron chi connectivity index (χ1n) is 8.91. The van der Waals surface area contributed by atoms with Crippen molar-refractivity contribution in [3.63, 3.8) is 0 Å². The molecule has 2 N–H and O–H groups in total. The fraction of sp³-hybridized carbons (Fsp3) is 0.182. The van der Waals surface area contributed by atoms with Crippen LogP contribution in [-0.4, -0.2) is 18.9 Å². The first-order chi connectivity index (χ1) is 13.7. The van der Waals surface area contributed by atoms with Gasteiger partial charge in [-0.3, -0.25) is 9.59 Å². The van der Waals surface area contributed by atoms with Crippen molar-refractivity contribution in [1.82, 2.24) is 10.6 Å². The van der Waals surface area contributed by atoms with Crippen LogP contribution in [0.5, 0.6) is 0 Å². The van der Waals surface area contributed by atoms with Crippen molar-refractivity contribution in [3.8, 4) is 0 Å². The highest BCUT2D eigenvalue weighted by molar-refractivity contribution is 7.12. The lowest BCUT2D eigenvalue weighted by molar-refractivity contribution is 0.0943. The molecule has 28 heavy (non-hydrogen) atoms. The Morgan fingerprint density at radius 2 is 1.39 bits per heavy atom. The highest BCUT2D eigenvalue weighted by atomic mass is 32.1. The molecule has 0 fully saturated rings. The number of methoxy groups -OCH3 is 1. The van der Waals surface area contributed by atoms with Crippen molar-refractivity contribution in [2.75, 3.05) is 7.11 Å².